The molecule has 0 unspecified atom stereocenters. The Hall–Kier alpha value is -1.55. The largest absolute Gasteiger partial charge is 0.496 e. The van der Waals surface area contributed by atoms with Gasteiger partial charge in [-0.05, 0) is 24.1 Å². The van der Waals surface area contributed by atoms with Crippen LogP contribution in [0.5, 0.6) is 5.75 Å². The Kier molecular flexibility index (Phi) is 5.49. The molecule has 0 aliphatic carbocycles. The minimum absolute atomic E-state index is 0.0133. The minimum atomic E-state index is -0.411. The summed E-state index contributed by atoms with van der Waals surface area (Å²) in [4.78, 5) is 11.8. The van der Waals surface area contributed by atoms with Crippen LogP contribution in [-0.2, 0) is 11.2 Å². The number of rotatable bonds is 6. The number of aliphatic hydroxyl groups excluding tert-OH is 1. The van der Waals surface area contributed by atoms with Crippen molar-refractivity contribution in [3.05, 3.63) is 29.3 Å². The second kappa shape index (κ2) is 6.91. The van der Waals surface area contributed by atoms with Crippen molar-refractivity contribution in [3.8, 4) is 5.75 Å². The van der Waals surface area contributed by atoms with Gasteiger partial charge in [-0.1, -0.05) is 13.0 Å². The molecule has 1 aromatic rings. The summed E-state index contributed by atoms with van der Waals surface area (Å²) in [7, 11) is 1.52. The smallest absolute Gasteiger partial charge is 0.341 e. The highest BCUT2D eigenvalue weighted by Crippen LogP contribution is 2.21. The number of carbonyl (C=O) groups is 1. The molecule has 94 valence electrons. The zero-order valence-corrected chi connectivity index (χ0v) is 10.2. The van der Waals surface area contributed by atoms with Gasteiger partial charge < -0.3 is 14.6 Å². The van der Waals surface area contributed by atoms with E-state index in [1.165, 1.54) is 7.11 Å². The van der Waals surface area contributed by atoms with Crippen LogP contribution >= 0.6 is 0 Å². The topological polar surface area (TPSA) is 55.8 Å². The maximum Gasteiger partial charge on any atom is 0.341 e. The number of ether oxygens (including phenoxy) is 2. The molecular formula is C13H18O4. The average Bonchev–Trinajstić information content (AvgIpc) is 2.38. The van der Waals surface area contributed by atoms with Gasteiger partial charge in [-0.2, -0.15) is 0 Å². The molecule has 0 saturated carbocycles. The average molecular weight is 238 g/mol. The number of aliphatic hydroxyl groups is 1. The molecular weight excluding hydrogens is 220 g/mol. The number of aryl methyl sites for hydroxylation is 1. The Bertz CT molecular complexity index is 374. The lowest BCUT2D eigenvalue weighted by atomic mass is 10.1. The van der Waals surface area contributed by atoms with E-state index < -0.39 is 5.97 Å². The van der Waals surface area contributed by atoms with Gasteiger partial charge >= 0.3 is 5.97 Å². The Morgan fingerprint density at radius 1 is 1.41 bits per heavy atom. The van der Waals surface area contributed by atoms with Gasteiger partial charge in [0.1, 0.15) is 11.3 Å². The van der Waals surface area contributed by atoms with E-state index in [2.05, 4.69) is 0 Å². The van der Waals surface area contributed by atoms with Crippen molar-refractivity contribution in [2.24, 2.45) is 0 Å². The maximum atomic E-state index is 11.8. The fourth-order valence-corrected chi connectivity index (χ4v) is 1.44. The standard InChI is InChI=1S/C13H18O4/c1-3-10-5-6-12(16-2)11(9-10)13(15)17-8-4-7-14/h5-6,9,14H,3-4,7-8H2,1-2H3. The lowest BCUT2D eigenvalue weighted by Gasteiger charge is -2.09. The molecule has 0 aliphatic rings. The van der Waals surface area contributed by atoms with E-state index in [0.29, 0.717) is 17.7 Å². The first kappa shape index (κ1) is 13.5. The fourth-order valence-electron chi connectivity index (χ4n) is 1.44. The van der Waals surface area contributed by atoms with Gasteiger partial charge in [-0.25, -0.2) is 4.79 Å². The lowest BCUT2D eigenvalue weighted by Crippen LogP contribution is -2.09. The van der Waals surface area contributed by atoms with Gasteiger partial charge in [0.25, 0.3) is 0 Å². The van der Waals surface area contributed by atoms with Gasteiger partial charge in [0.15, 0.2) is 0 Å². The summed E-state index contributed by atoms with van der Waals surface area (Å²) in [5, 5.41) is 8.62. The Labute approximate surface area is 101 Å². The Balaban J connectivity index is 2.82. The number of hydrogen-bond donors (Lipinski definition) is 1. The van der Waals surface area contributed by atoms with Gasteiger partial charge in [-0.3, -0.25) is 0 Å². The number of hydrogen-bond acceptors (Lipinski definition) is 4. The number of carbonyl (C=O) groups excluding carboxylic acids is 1. The zero-order valence-electron chi connectivity index (χ0n) is 10.2. The molecule has 1 aromatic carbocycles. The normalized spacial score (nSPS) is 10.1. The second-order valence-corrected chi connectivity index (χ2v) is 3.60. The molecule has 0 saturated heterocycles. The number of esters is 1. The van der Waals surface area contributed by atoms with Crippen LogP contribution in [-0.4, -0.2) is 31.4 Å². The lowest BCUT2D eigenvalue weighted by molar-refractivity contribution is 0.0478. The molecule has 4 heteroatoms. The van der Waals surface area contributed by atoms with Crippen molar-refractivity contribution in [3.63, 3.8) is 0 Å². The molecule has 0 heterocycles. The summed E-state index contributed by atoms with van der Waals surface area (Å²) in [6, 6.07) is 5.46. The Morgan fingerprint density at radius 2 is 2.18 bits per heavy atom. The van der Waals surface area contributed by atoms with E-state index in [1.54, 1.807) is 12.1 Å². The molecule has 0 aromatic heterocycles. The fraction of sp³-hybridized carbons (Fsp3) is 0.462. The molecule has 0 aliphatic heterocycles. The van der Waals surface area contributed by atoms with Gasteiger partial charge in [0.05, 0.1) is 13.7 Å². The highest BCUT2D eigenvalue weighted by Gasteiger charge is 2.14. The van der Waals surface area contributed by atoms with E-state index in [9.17, 15) is 4.79 Å². The third-order valence-electron chi connectivity index (χ3n) is 2.43. The summed E-state index contributed by atoms with van der Waals surface area (Å²) >= 11 is 0. The molecule has 0 radical (unpaired) electrons. The summed E-state index contributed by atoms with van der Waals surface area (Å²) in [5.74, 6) is 0.0989. The first-order valence-corrected chi connectivity index (χ1v) is 5.67. The van der Waals surface area contributed by atoms with Gasteiger partial charge in [-0.15, -0.1) is 0 Å². The SMILES string of the molecule is CCc1ccc(OC)c(C(=O)OCCCO)c1. The van der Waals surface area contributed by atoms with Crippen LogP contribution in [0, 0.1) is 0 Å². The van der Waals surface area contributed by atoms with Crippen LogP contribution < -0.4 is 4.74 Å². The molecule has 17 heavy (non-hydrogen) atoms. The third kappa shape index (κ3) is 3.75. The van der Waals surface area contributed by atoms with Crippen molar-refractivity contribution < 1.29 is 19.4 Å². The van der Waals surface area contributed by atoms with E-state index in [-0.39, 0.29) is 13.2 Å². The molecule has 0 atom stereocenters. The monoisotopic (exact) mass is 238 g/mol. The molecule has 0 spiro atoms. The van der Waals surface area contributed by atoms with Crippen LogP contribution in [0.2, 0.25) is 0 Å². The van der Waals surface area contributed by atoms with Crippen LogP contribution in [0.4, 0.5) is 0 Å². The highest BCUT2D eigenvalue weighted by atomic mass is 16.5. The molecule has 0 fully saturated rings. The molecule has 0 bridgehead atoms. The van der Waals surface area contributed by atoms with Crippen molar-refractivity contribution in [2.75, 3.05) is 20.3 Å². The summed E-state index contributed by atoms with van der Waals surface area (Å²) in [5.41, 5.74) is 1.49. The van der Waals surface area contributed by atoms with E-state index >= 15 is 0 Å². The summed E-state index contributed by atoms with van der Waals surface area (Å²) in [6.07, 6.45) is 1.29. The molecule has 1 rings (SSSR count). The van der Waals surface area contributed by atoms with E-state index in [1.807, 2.05) is 13.0 Å². The quantitative estimate of drug-likeness (QED) is 0.606. The predicted molar refractivity (Wildman–Crippen MR) is 64.4 cm³/mol. The van der Waals surface area contributed by atoms with Crippen LogP contribution in [0.15, 0.2) is 18.2 Å². The predicted octanol–water partition coefficient (Wildman–Crippen LogP) is 1.80. The van der Waals surface area contributed by atoms with Gasteiger partial charge in [0.2, 0.25) is 0 Å². The van der Waals surface area contributed by atoms with Crippen LogP contribution in [0.1, 0.15) is 29.3 Å². The van der Waals surface area contributed by atoms with Gasteiger partial charge in [0, 0.05) is 13.0 Å². The van der Waals surface area contributed by atoms with Crippen LogP contribution in [0.25, 0.3) is 0 Å². The maximum absolute atomic E-state index is 11.8. The number of methoxy groups -OCH3 is 1. The minimum Gasteiger partial charge on any atom is -0.496 e. The first-order chi connectivity index (χ1) is 8.22. The summed E-state index contributed by atoms with van der Waals surface area (Å²) in [6.45, 7) is 2.25. The third-order valence-corrected chi connectivity index (χ3v) is 2.43. The van der Waals surface area contributed by atoms with Crippen molar-refractivity contribution in [2.45, 2.75) is 19.8 Å². The van der Waals surface area contributed by atoms with Crippen molar-refractivity contribution >= 4 is 5.97 Å². The first-order valence-electron chi connectivity index (χ1n) is 5.67. The van der Waals surface area contributed by atoms with Crippen LogP contribution in [0.3, 0.4) is 0 Å². The van der Waals surface area contributed by atoms with Crippen molar-refractivity contribution in [1.29, 1.82) is 0 Å². The molecule has 0 amide bonds. The van der Waals surface area contributed by atoms with E-state index in [0.717, 1.165) is 12.0 Å². The zero-order chi connectivity index (χ0) is 12.7. The number of benzene rings is 1. The van der Waals surface area contributed by atoms with E-state index in [4.69, 9.17) is 14.6 Å². The second-order valence-electron chi connectivity index (χ2n) is 3.60. The Morgan fingerprint density at radius 3 is 2.76 bits per heavy atom. The highest BCUT2D eigenvalue weighted by molar-refractivity contribution is 5.92. The summed E-state index contributed by atoms with van der Waals surface area (Å²) < 4.78 is 10.2. The van der Waals surface area contributed by atoms with Crippen molar-refractivity contribution in [1.82, 2.24) is 0 Å². The molecule has 4 nitrogen and oxygen atoms in total. The molecule has 1 N–H and O–H groups in total.